The molecule has 0 aliphatic carbocycles. The van der Waals surface area contributed by atoms with Gasteiger partial charge in [0.15, 0.2) is 0 Å². The SMILES string of the molecule is CCc1ccc(C(N)Cc2ccc(Cl)c(Cl)c2)s1. The monoisotopic (exact) mass is 299 g/mol. The van der Waals surface area contributed by atoms with Gasteiger partial charge in [0.25, 0.3) is 0 Å². The quantitative estimate of drug-likeness (QED) is 0.857. The maximum absolute atomic E-state index is 6.22. The topological polar surface area (TPSA) is 26.0 Å². The maximum Gasteiger partial charge on any atom is 0.0595 e. The number of thiophene rings is 1. The van der Waals surface area contributed by atoms with Gasteiger partial charge in [-0.05, 0) is 42.7 Å². The molecule has 0 aliphatic rings. The third-order valence-corrected chi connectivity index (χ3v) is 4.94. The normalized spacial score (nSPS) is 12.7. The average molecular weight is 300 g/mol. The number of halogens is 2. The summed E-state index contributed by atoms with van der Waals surface area (Å²) in [5.41, 5.74) is 7.33. The highest BCUT2D eigenvalue weighted by atomic mass is 35.5. The van der Waals surface area contributed by atoms with Gasteiger partial charge in [0, 0.05) is 15.8 Å². The third kappa shape index (κ3) is 3.27. The minimum atomic E-state index is 0.0209. The lowest BCUT2D eigenvalue weighted by Crippen LogP contribution is -2.11. The second-order valence-electron chi connectivity index (χ2n) is 4.22. The molecule has 1 unspecified atom stereocenters. The van der Waals surface area contributed by atoms with Crippen molar-refractivity contribution in [3.05, 3.63) is 55.7 Å². The molecular weight excluding hydrogens is 285 g/mol. The van der Waals surface area contributed by atoms with Crippen LogP contribution in [0.4, 0.5) is 0 Å². The molecule has 0 radical (unpaired) electrons. The highest BCUT2D eigenvalue weighted by molar-refractivity contribution is 7.12. The maximum atomic E-state index is 6.22. The molecule has 96 valence electrons. The van der Waals surface area contributed by atoms with E-state index in [1.807, 2.05) is 18.2 Å². The molecule has 0 aliphatic heterocycles. The first kappa shape index (κ1) is 13.9. The van der Waals surface area contributed by atoms with Crippen molar-refractivity contribution in [3.8, 4) is 0 Å². The van der Waals surface area contributed by atoms with Gasteiger partial charge >= 0.3 is 0 Å². The summed E-state index contributed by atoms with van der Waals surface area (Å²) in [5, 5.41) is 1.17. The molecule has 2 N–H and O–H groups in total. The molecule has 4 heteroatoms. The summed E-state index contributed by atoms with van der Waals surface area (Å²) in [6.07, 6.45) is 1.84. The number of nitrogens with two attached hydrogens (primary N) is 1. The Morgan fingerprint density at radius 3 is 2.56 bits per heavy atom. The van der Waals surface area contributed by atoms with Gasteiger partial charge < -0.3 is 5.73 Å². The lowest BCUT2D eigenvalue weighted by molar-refractivity contribution is 0.736. The van der Waals surface area contributed by atoms with Crippen LogP contribution in [-0.2, 0) is 12.8 Å². The van der Waals surface area contributed by atoms with Crippen molar-refractivity contribution in [2.75, 3.05) is 0 Å². The summed E-state index contributed by atoms with van der Waals surface area (Å²) < 4.78 is 0. The van der Waals surface area contributed by atoms with E-state index in [-0.39, 0.29) is 6.04 Å². The van der Waals surface area contributed by atoms with Crippen LogP contribution in [0.25, 0.3) is 0 Å². The van der Waals surface area contributed by atoms with Crippen LogP contribution in [0, 0.1) is 0 Å². The lowest BCUT2D eigenvalue weighted by Gasteiger charge is -2.10. The molecule has 1 atom stereocenters. The summed E-state index contributed by atoms with van der Waals surface area (Å²) >= 11 is 13.7. The molecule has 0 bridgehead atoms. The lowest BCUT2D eigenvalue weighted by atomic mass is 10.1. The Morgan fingerprint density at radius 2 is 1.94 bits per heavy atom. The van der Waals surface area contributed by atoms with Gasteiger partial charge in [-0.3, -0.25) is 0 Å². The zero-order chi connectivity index (χ0) is 13.1. The smallest absolute Gasteiger partial charge is 0.0595 e. The van der Waals surface area contributed by atoms with Crippen LogP contribution >= 0.6 is 34.5 Å². The Morgan fingerprint density at radius 1 is 1.17 bits per heavy atom. The third-order valence-electron chi connectivity index (χ3n) is 2.84. The van der Waals surface area contributed by atoms with Crippen molar-refractivity contribution >= 4 is 34.5 Å². The second-order valence-corrected chi connectivity index (χ2v) is 6.23. The van der Waals surface area contributed by atoms with Crippen LogP contribution in [0.2, 0.25) is 10.0 Å². The van der Waals surface area contributed by atoms with E-state index >= 15 is 0 Å². The van der Waals surface area contributed by atoms with Gasteiger partial charge in [0.1, 0.15) is 0 Å². The highest BCUT2D eigenvalue weighted by Gasteiger charge is 2.10. The van der Waals surface area contributed by atoms with Gasteiger partial charge in [-0.1, -0.05) is 36.2 Å². The summed E-state index contributed by atoms with van der Waals surface area (Å²) in [7, 11) is 0. The number of hydrogen-bond donors (Lipinski definition) is 1. The molecule has 0 fully saturated rings. The Hall–Kier alpha value is -0.540. The molecule has 0 amide bonds. The predicted molar refractivity (Wildman–Crippen MR) is 80.8 cm³/mol. The summed E-state index contributed by atoms with van der Waals surface area (Å²) in [6.45, 7) is 2.15. The van der Waals surface area contributed by atoms with Crippen LogP contribution in [0.15, 0.2) is 30.3 Å². The van der Waals surface area contributed by atoms with E-state index in [2.05, 4.69) is 19.1 Å². The van der Waals surface area contributed by atoms with Gasteiger partial charge in [-0.25, -0.2) is 0 Å². The van der Waals surface area contributed by atoms with E-state index in [0.29, 0.717) is 10.0 Å². The zero-order valence-electron chi connectivity index (χ0n) is 10.1. The molecule has 0 spiro atoms. The molecule has 2 rings (SSSR count). The number of rotatable bonds is 4. The Bertz CT molecular complexity index is 536. The highest BCUT2D eigenvalue weighted by Crippen LogP contribution is 2.27. The molecule has 1 aromatic carbocycles. The number of benzene rings is 1. The molecule has 1 heterocycles. The van der Waals surface area contributed by atoms with E-state index in [4.69, 9.17) is 28.9 Å². The fourth-order valence-corrected chi connectivity index (χ4v) is 3.08. The van der Waals surface area contributed by atoms with Crippen molar-refractivity contribution in [2.45, 2.75) is 25.8 Å². The Balaban J connectivity index is 2.10. The molecular formula is C14H15Cl2NS. The molecule has 0 saturated carbocycles. The predicted octanol–water partition coefficient (Wildman–Crippen LogP) is 4.86. The zero-order valence-corrected chi connectivity index (χ0v) is 12.4. The summed E-state index contributed by atoms with van der Waals surface area (Å²) in [4.78, 5) is 2.59. The van der Waals surface area contributed by atoms with Crippen molar-refractivity contribution in [1.29, 1.82) is 0 Å². The molecule has 2 aromatic rings. The summed E-state index contributed by atoms with van der Waals surface area (Å²) in [5.74, 6) is 0. The Kier molecular flexibility index (Phi) is 4.68. The standard InChI is InChI=1S/C14H15Cl2NS/c1-2-10-4-6-14(18-10)13(17)8-9-3-5-11(15)12(16)7-9/h3-7,13H,2,8,17H2,1H3. The first-order chi connectivity index (χ1) is 8.60. The van der Waals surface area contributed by atoms with Crippen LogP contribution in [0.1, 0.15) is 28.3 Å². The van der Waals surface area contributed by atoms with Crippen LogP contribution in [0.5, 0.6) is 0 Å². The number of hydrogen-bond acceptors (Lipinski definition) is 2. The minimum absolute atomic E-state index is 0.0209. The Labute approximate surface area is 122 Å². The summed E-state index contributed by atoms with van der Waals surface area (Å²) in [6, 6.07) is 9.96. The average Bonchev–Trinajstić information content (AvgIpc) is 2.82. The van der Waals surface area contributed by atoms with Gasteiger partial charge in [-0.2, -0.15) is 0 Å². The van der Waals surface area contributed by atoms with Crippen molar-refractivity contribution in [3.63, 3.8) is 0 Å². The van der Waals surface area contributed by atoms with Crippen LogP contribution in [0.3, 0.4) is 0 Å². The van der Waals surface area contributed by atoms with E-state index < -0.39 is 0 Å². The van der Waals surface area contributed by atoms with Crippen molar-refractivity contribution < 1.29 is 0 Å². The molecule has 18 heavy (non-hydrogen) atoms. The van der Waals surface area contributed by atoms with Gasteiger partial charge in [-0.15, -0.1) is 11.3 Å². The van der Waals surface area contributed by atoms with Crippen molar-refractivity contribution in [2.24, 2.45) is 5.73 Å². The van der Waals surface area contributed by atoms with E-state index in [1.165, 1.54) is 9.75 Å². The molecule has 0 saturated heterocycles. The second kappa shape index (κ2) is 6.07. The van der Waals surface area contributed by atoms with Crippen molar-refractivity contribution in [1.82, 2.24) is 0 Å². The van der Waals surface area contributed by atoms with E-state index in [9.17, 15) is 0 Å². The minimum Gasteiger partial charge on any atom is -0.323 e. The fraction of sp³-hybridized carbons (Fsp3) is 0.286. The largest absolute Gasteiger partial charge is 0.323 e. The number of aryl methyl sites for hydroxylation is 1. The first-order valence-electron chi connectivity index (χ1n) is 5.88. The van der Waals surface area contributed by atoms with Gasteiger partial charge in [0.05, 0.1) is 10.0 Å². The van der Waals surface area contributed by atoms with Crippen LogP contribution < -0.4 is 5.73 Å². The first-order valence-corrected chi connectivity index (χ1v) is 7.45. The fourth-order valence-electron chi connectivity index (χ4n) is 1.80. The van der Waals surface area contributed by atoms with E-state index in [0.717, 1.165) is 18.4 Å². The van der Waals surface area contributed by atoms with Crippen LogP contribution in [-0.4, -0.2) is 0 Å². The van der Waals surface area contributed by atoms with E-state index in [1.54, 1.807) is 11.3 Å². The molecule has 1 nitrogen and oxygen atoms in total. The molecule has 1 aromatic heterocycles. The van der Waals surface area contributed by atoms with Gasteiger partial charge in [0.2, 0.25) is 0 Å².